The van der Waals surface area contributed by atoms with Gasteiger partial charge in [0.05, 0.1) is 12.1 Å². The van der Waals surface area contributed by atoms with E-state index in [-0.39, 0.29) is 6.61 Å². The van der Waals surface area contributed by atoms with Crippen LogP contribution >= 0.6 is 0 Å². The van der Waals surface area contributed by atoms with Crippen molar-refractivity contribution in [3.63, 3.8) is 0 Å². The average Bonchev–Trinajstić information content (AvgIpc) is 2.74. The fourth-order valence-electron chi connectivity index (χ4n) is 3.20. The summed E-state index contributed by atoms with van der Waals surface area (Å²) in [5.74, 6) is 1.54. The molecule has 0 fully saturated rings. The lowest BCUT2D eigenvalue weighted by Crippen LogP contribution is -2.27. The summed E-state index contributed by atoms with van der Waals surface area (Å²) < 4.78 is 0. The summed E-state index contributed by atoms with van der Waals surface area (Å²) in [5, 5.41) is 10.6. The zero-order valence-electron chi connectivity index (χ0n) is 15.0. The van der Waals surface area contributed by atoms with E-state index < -0.39 is 0 Å². The van der Waals surface area contributed by atoms with Gasteiger partial charge in [0.1, 0.15) is 5.82 Å². The number of aliphatic hydroxyl groups is 1. The molecule has 0 aliphatic rings. The number of aliphatic hydroxyl groups excluding tert-OH is 1. The fraction of sp³-hybridized carbons (Fsp3) is 0.130. The predicted molar refractivity (Wildman–Crippen MR) is 110 cm³/mol. The van der Waals surface area contributed by atoms with Crippen molar-refractivity contribution in [1.82, 2.24) is 9.97 Å². The topological polar surface area (TPSA) is 49.2 Å². The van der Waals surface area contributed by atoms with Gasteiger partial charge in [0.2, 0.25) is 0 Å². The molecular weight excluding hydrogens is 334 g/mol. The van der Waals surface area contributed by atoms with Crippen molar-refractivity contribution in [2.75, 3.05) is 18.1 Å². The zero-order chi connectivity index (χ0) is 18.5. The van der Waals surface area contributed by atoms with Gasteiger partial charge in [-0.05, 0) is 17.7 Å². The Hall–Kier alpha value is -3.24. The Kier molecular flexibility index (Phi) is 5.08. The lowest BCUT2D eigenvalue weighted by molar-refractivity contribution is 0.301. The van der Waals surface area contributed by atoms with E-state index in [0.29, 0.717) is 18.9 Å². The number of para-hydroxylation sites is 1. The van der Waals surface area contributed by atoms with Crippen LogP contribution in [0.1, 0.15) is 5.56 Å². The van der Waals surface area contributed by atoms with Crippen molar-refractivity contribution in [3.05, 3.63) is 90.5 Å². The van der Waals surface area contributed by atoms with Crippen molar-refractivity contribution in [2.24, 2.45) is 0 Å². The van der Waals surface area contributed by atoms with Gasteiger partial charge in [-0.3, -0.25) is 0 Å². The predicted octanol–water partition coefficient (Wildman–Crippen LogP) is 4.30. The third kappa shape index (κ3) is 3.81. The molecule has 0 amide bonds. The van der Waals surface area contributed by atoms with Gasteiger partial charge < -0.3 is 10.0 Å². The SMILES string of the molecule is OCCN(Cc1ccccc1)c1nc(-c2ccccc2)nc2ccccc12. The van der Waals surface area contributed by atoms with E-state index in [1.54, 1.807) is 0 Å². The molecule has 0 aliphatic heterocycles. The van der Waals surface area contributed by atoms with Crippen molar-refractivity contribution in [2.45, 2.75) is 6.54 Å². The van der Waals surface area contributed by atoms with Crippen molar-refractivity contribution in [3.8, 4) is 11.4 Å². The van der Waals surface area contributed by atoms with Crippen LogP contribution in [0.2, 0.25) is 0 Å². The molecule has 0 atom stereocenters. The van der Waals surface area contributed by atoms with E-state index in [1.807, 2.05) is 72.8 Å². The van der Waals surface area contributed by atoms with E-state index >= 15 is 0 Å². The second-order valence-electron chi connectivity index (χ2n) is 6.38. The molecular formula is C23H21N3O. The molecule has 0 aliphatic carbocycles. The van der Waals surface area contributed by atoms with Crippen LogP contribution in [-0.4, -0.2) is 28.2 Å². The summed E-state index contributed by atoms with van der Waals surface area (Å²) in [6, 6.07) is 28.3. The Morgan fingerprint density at radius 2 is 1.41 bits per heavy atom. The van der Waals surface area contributed by atoms with E-state index in [0.717, 1.165) is 22.3 Å². The van der Waals surface area contributed by atoms with Crippen LogP contribution in [0.5, 0.6) is 0 Å². The number of anilines is 1. The van der Waals surface area contributed by atoms with Crippen molar-refractivity contribution < 1.29 is 5.11 Å². The first-order valence-electron chi connectivity index (χ1n) is 9.07. The van der Waals surface area contributed by atoms with Gasteiger partial charge >= 0.3 is 0 Å². The van der Waals surface area contributed by atoms with Gasteiger partial charge in [-0.15, -0.1) is 0 Å². The summed E-state index contributed by atoms with van der Waals surface area (Å²) in [6.45, 7) is 1.24. The standard InChI is InChI=1S/C23H21N3O/c27-16-15-26(17-18-9-3-1-4-10-18)23-20-13-7-8-14-21(20)24-22(25-23)19-11-5-2-6-12-19/h1-14,27H,15-17H2. The van der Waals surface area contributed by atoms with Crippen LogP contribution in [-0.2, 0) is 6.54 Å². The zero-order valence-corrected chi connectivity index (χ0v) is 15.0. The van der Waals surface area contributed by atoms with Gasteiger partial charge in [0.25, 0.3) is 0 Å². The largest absolute Gasteiger partial charge is 0.395 e. The van der Waals surface area contributed by atoms with E-state index in [1.165, 1.54) is 5.56 Å². The Morgan fingerprint density at radius 1 is 0.741 bits per heavy atom. The first-order chi connectivity index (χ1) is 13.3. The van der Waals surface area contributed by atoms with Gasteiger partial charge in [0.15, 0.2) is 5.82 Å². The Morgan fingerprint density at radius 3 is 2.15 bits per heavy atom. The highest BCUT2D eigenvalue weighted by molar-refractivity contribution is 5.91. The minimum absolute atomic E-state index is 0.0613. The third-order valence-corrected chi connectivity index (χ3v) is 4.50. The van der Waals surface area contributed by atoms with Crippen LogP contribution in [0, 0.1) is 0 Å². The minimum Gasteiger partial charge on any atom is -0.395 e. The maximum Gasteiger partial charge on any atom is 0.162 e. The normalized spacial score (nSPS) is 10.9. The van der Waals surface area contributed by atoms with E-state index in [9.17, 15) is 5.11 Å². The number of benzene rings is 3. The Bertz CT molecular complexity index is 1020. The first-order valence-corrected chi connectivity index (χ1v) is 9.07. The van der Waals surface area contributed by atoms with E-state index in [4.69, 9.17) is 9.97 Å². The molecule has 134 valence electrons. The second kappa shape index (κ2) is 7.98. The van der Waals surface area contributed by atoms with Crippen LogP contribution in [0.15, 0.2) is 84.9 Å². The molecule has 27 heavy (non-hydrogen) atoms. The first kappa shape index (κ1) is 17.2. The van der Waals surface area contributed by atoms with Crippen molar-refractivity contribution >= 4 is 16.7 Å². The molecule has 1 aromatic heterocycles. The summed E-state index contributed by atoms with van der Waals surface area (Å²) in [7, 11) is 0. The van der Waals surface area contributed by atoms with Gasteiger partial charge in [0, 0.05) is 24.0 Å². The van der Waals surface area contributed by atoms with Gasteiger partial charge in [-0.1, -0.05) is 72.8 Å². The maximum atomic E-state index is 9.65. The van der Waals surface area contributed by atoms with Gasteiger partial charge in [-0.2, -0.15) is 0 Å². The number of fused-ring (bicyclic) bond motifs is 1. The number of rotatable bonds is 6. The quantitative estimate of drug-likeness (QED) is 0.560. The molecule has 4 heteroatoms. The van der Waals surface area contributed by atoms with Crippen LogP contribution < -0.4 is 4.90 Å². The summed E-state index contributed by atoms with van der Waals surface area (Å²) in [4.78, 5) is 11.8. The van der Waals surface area contributed by atoms with Gasteiger partial charge in [-0.25, -0.2) is 9.97 Å². The molecule has 3 aromatic carbocycles. The number of nitrogens with zero attached hydrogens (tertiary/aromatic N) is 3. The molecule has 0 unspecified atom stereocenters. The molecule has 4 nitrogen and oxygen atoms in total. The van der Waals surface area contributed by atoms with Crippen LogP contribution in [0.25, 0.3) is 22.3 Å². The molecule has 0 saturated carbocycles. The molecule has 0 saturated heterocycles. The minimum atomic E-state index is 0.0613. The number of hydrogen-bond acceptors (Lipinski definition) is 4. The lowest BCUT2D eigenvalue weighted by atomic mass is 10.1. The summed E-state index contributed by atoms with van der Waals surface area (Å²) in [5.41, 5.74) is 3.06. The lowest BCUT2D eigenvalue weighted by Gasteiger charge is -2.25. The maximum absolute atomic E-state index is 9.65. The Labute approximate surface area is 158 Å². The number of hydrogen-bond donors (Lipinski definition) is 1. The molecule has 4 aromatic rings. The monoisotopic (exact) mass is 355 g/mol. The summed E-state index contributed by atoms with van der Waals surface area (Å²) >= 11 is 0. The molecule has 0 spiro atoms. The summed E-state index contributed by atoms with van der Waals surface area (Å²) in [6.07, 6.45) is 0. The fourth-order valence-corrected chi connectivity index (χ4v) is 3.20. The second-order valence-corrected chi connectivity index (χ2v) is 6.38. The highest BCUT2D eigenvalue weighted by Gasteiger charge is 2.15. The Balaban J connectivity index is 1.84. The smallest absolute Gasteiger partial charge is 0.162 e. The third-order valence-electron chi connectivity index (χ3n) is 4.50. The highest BCUT2D eigenvalue weighted by atomic mass is 16.3. The highest BCUT2D eigenvalue weighted by Crippen LogP contribution is 2.28. The van der Waals surface area contributed by atoms with Crippen LogP contribution in [0.3, 0.4) is 0 Å². The molecule has 0 radical (unpaired) electrons. The molecule has 4 rings (SSSR count). The molecule has 1 heterocycles. The molecule has 0 bridgehead atoms. The average molecular weight is 355 g/mol. The van der Waals surface area contributed by atoms with E-state index in [2.05, 4.69) is 17.0 Å². The van der Waals surface area contributed by atoms with Crippen LogP contribution in [0.4, 0.5) is 5.82 Å². The number of aromatic nitrogens is 2. The van der Waals surface area contributed by atoms with Crippen molar-refractivity contribution in [1.29, 1.82) is 0 Å². The molecule has 1 N–H and O–H groups in total.